The second-order valence-electron chi connectivity index (χ2n) is 4.60. The molecule has 3 nitrogen and oxygen atoms in total. The van der Waals surface area contributed by atoms with Crippen LogP contribution in [0.4, 0.5) is 0 Å². The Hall–Kier alpha value is -0.230. The van der Waals surface area contributed by atoms with Gasteiger partial charge in [-0.2, -0.15) is 0 Å². The molecular formula is C12H16BrNO2S. The van der Waals surface area contributed by atoms with Crippen LogP contribution in [0.1, 0.15) is 23.0 Å². The fourth-order valence-corrected chi connectivity index (χ4v) is 3.42. The molecule has 1 aromatic heterocycles. The molecule has 17 heavy (non-hydrogen) atoms. The maximum absolute atomic E-state index is 12.0. The number of thiophene rings is 1. The molecule has 0 aromatic carbocycles. The second kappa shape index (κ2) is 5.61. The molecule has 0 spiro atoms. The van der Waals surface area contributed by atoms with Gasteiger partial charge in [0.25, 0.3) is 0 Å². The van der Waals surface area contributed by atoms with Gasteiger partial charge in [0.1, 0.15) is 0 Å². The number of aliphatic hydroxyl groups is 1. The maximum atomic E-state index is 12.0. The molecule has 0 amide bonds. The molecule has 5 heteroatoms. The van der Waals surface area contributed by atoms with Gasteiger partial charge in [-0.25, -0.2) is 0 Å². The Bertz CT molecular complexity index is 407. The monoisotopic (exact) mass is 317 g/mol. The zero-order valence-electron chi connectivity index (χ0n) is 9.73. The van der Waals surface area contributed by atoms with Gasteiger partial charge in [-0.3, -0.25) is 9.69 Å². The molecule has 2 atom stereocenters. The van der Waals surface area contributed by atoms with E-state index in [0.717, 1.165) is 28.2 Å². The van der Waals surface area contributed by atoms with E-state index in [1.165, 1.54) is 11.3 Å². The first-order chi connectivity index (χ1) is 8.06. The fourth-order valence-electron chi connectivity index (χ4n) is 2.11. The second-order valence-corrected chi connectivity index (χ2v) is 7.06. The first-order valence-electron chi connectivity index (χ1n) is 5.75. The lowest BCUT2D eigenvalue weighted by Crippen LogP contribution is -2.43. The molecular weight excluding hydrogens is 302 g/mol. The largest absolute Gasteiger partial charge is 0.393 e. The van der Waals surface area contributed by atoms with Gasteiger partial charge in [0.15, 0.2) is 5.78 Å². The van der Waals surface area contributed by atoms with Crippen molar-refractivity contribution < 1.29 is 9.90 Å². The highest BCUT2D eigenvalue weighted by molar-refractivity contribution is 9.11. The van der Waals surface area contributed by atoms with Crippen LogP contribution in [0.15, 0.2) is 15.9 Å². The number of Topliss-reactive ketones (excluding diaryl/α,β-unsaturated/α-hetero) is 1. The number of nitrogens with zero attached hydrogens (tertiary/aromatic N) is 1. The summed E-state index contributed by atoms with van der Waals surface area (Å²) in [4.78, 5) is 14.9. The Kier molecular flexibility index (Phi) is 4.36. The van der Waals surface area contributed by atoms with Gasteiger partial charge in [-0.15, -0.1) is 11.3 Å². The molecule has 0 radical (unpaired) electrons. The number of likely N-dealkylation sites (tertiary alicyclic amines) is 1. The summed E-state index contributed by atoms with van der Waals surface area (Å²) in [5, 5.41) is 9.63. The van der Waals surface area contributed by atoms with E-state index >= 15 is 0 Å². The Balaban J connectivity index is 1.91. The summed E-state index contributed by atoms with van der Waals surface area (Å²) in [7, 11) is 0. The highest BCUT2D eigenvalue weighted by Gasteiger charge is 2.25. The van der Waals surface area contributed by atoms with Crippen molar-refractivity contribution in [1.82, 2.24) is 4.90 Å². The molecule has 0 saturated carbocycles. The average molecular weight is 318 g/mol. The van der Waals surface area contributed by atoms with E-state index in [-0.39, 0.29) is 17.8 Å². The molecule has 94 valence electrons. The molecule has 2 unspecified atom stereocenters. The number of hydrogen-bond donors (Lipinski definition) is 1. The maximum Gasteiger partial charge on any atom is 0.186 e. The molecule has 1 saturated heterocycles. The van der Waals surface area contributed by atoms with Gasteiger partial charge in [0, 0.05) is 13.1 Å². The number of ketones is 1. The van der Waals surface area contributed by atoms with E-state index < -0.39 is 0 Å². The standard InChI is InChI=1S/C12H16BrNO2S/c1-8-6-14(5-4-9(8)15)7-10(16)11-2-3-12(13)17-11/h2-3,8-9,15H,4-7H2,1H3. The number of piperidine rings is 1. The molecule has 0 aliphatic carbocycles. The summed E-state index contributed by atoms with van der Waals surface area (Å²) in [6.07, 6.45) is 0.556. The Morgan fingerprint density at radius 1 is 1.65 bits per heavy atom. The lowest BCUT2D eigenvalue weighted by atomic mass is 9.96. The van der Waals surface area contributed by atoms with Crippen molar-refractivity contribution in [1.29, 1.82) is 0 Å². The predicted molar refractivity (Wildman–Crippen MR) is 72.6 cm³/mol. The highest BCUT2D eigenvalue weighted by Crippen LogP contribution is 2.23. The van der Waals surface area contributed by atoms with Gasteiger partial charge in [0.05, 0.1) is 21.3 Å². The Morgan fingerprint density at radius 3 is 3.00 bits per heavy atom. The van der Waals surface area contributed by atoms with Crippen LogP contribution in [0.5, 0.6) is 0 Å². The minimum atomic E-state index is -0.211. The zero-order valence-corrected chi connectivity index (χ0v) is 12.1. The topological polar surface area (TPSA) is 40.5 Å². The van der Waals surface area contributed by atoms with Crippen LogP contribution >= 0.6 is 27.3 Å². The zero-order chi connectivity index (χ0) is 12.4. The number of rotatable bonds is 3. The first kappa shape index (κ1) is 13.2. The van der Waals surface area contributed by atoms with Crippen LogP contribution in [-0.2, 0) is 0 Å². The smallest absolute Gasteiger partial charge is 0.186 e. The first-order valence-corrected chi connectivity index (χ1v) is 7.36. The number of hydrogen-bond acceptors (Lipinski definition) is 4. The predicted octanol–water partition coefficient (Wildman–Crippen LogP) is 2.40. The van der Waals surface area contributed by atoms with E-state index in [4.69, 9.17) is 0 Å². The fraction of sp³-hybridized carbons (Fsp3) is 0.583. The van der Waals surface area contributed by atoms with E-state index in [2.05, 4.69) is 20.8 Å². The lowest BCUT2D eigenvalue weighted by molar-refractivity contribution is 0.0345. The molecule has 0 bridgehead atoms. The molecule has 1 aliphatic rings. The molecule has 1 aromatic rings. The van der Waals surface area contributed by atoms with Crippen molar-refractivity contribution >= 4 is 33.0 Å². The van der Waals surface area contributed by atoms with Crippen LogP contribution in [0.2, 0.25) is 0 Å². The van der Waals surface area contributed by atoms with Gasteiger partial charge < -0.3 is 5.11 Å². The third-order valence-electron chi connectivity index (χ3n) is 3.16. The quantitative estimate of drug-likeness (QED) is 0.870. The van der Waals surface area contributed by atoms with Crippen LogP contribution < -0.4 is 0 Å². The van der Waals surface area contributed by atoms with Gasteiger partial charge >= 0.3 is 0 Å². The molecule has 1 aliphatic heterocycles. The van der Waals surface area contributed by atoms with Gasteiger partial charge in [-0.05, 0) is 40.4 Å². The summed E-state index contributed by atoms with van der Waals surface area (Å²) >= 11 is 4.84. The van der Waals surface area contributed by atoms with Gasteiger partial charge in [0.2, 0.25) is 0 Å². The summed E-state index contributed by atoms with van der Waals surface area (Å²) in [5.41, 5.74) is 0. The Morgan fingerprint density at radius 2 is 2.41 bits per heavy atom. The third-order valence-corrected chi connectivity index (χ3v) is 4.82. The number of carbonyl (C=O) groups excluding carboxylic acids is 1. The molecule has 2 heterocycles. The van der Waals surface area contributed by atoms with Crippen molar-refractivity contribution in [3.8, 4) is 0 Å². The van der Waals surface area contributed by atoms with E-state index in [1.54, 1.807) is 0 Å². The molecule has 2 rings (SSSR count). The van der Waals surface area contributed by atoms with Gasteiger partial charge in [-0.1, -0.05) is 6.92 Å². The summed E-state index contributed by atoms with van der Waals surface area (Å²) < 4.78 is 0.989. The van der Waals surface area contributed by atoms with Crippen LogP contribution in [0.25, 0.3) is 0 Å². The van der Waals surface area contributed by atoms with Crippen molar-refractivity contribution in [2.75, 3.05) is 19.6 Å². The normalized spacial score (nSPS) is 26.1. The summed E-state index contributed by atoms with van der Waals surface area (Å²) in [6, 6.07) is 3.76. The van der Waals surface area contributed by atoms with Crippen molar-refractivity contribution in [3.63, 3.8) is 0 Å². The summed E-state index contributed by atoms with van der Waals surface area (Å²) in [5.74, 6) is 0.427. The lowest BCUT2D eigenvalue weighted by Gasteiger charge is -2.33. The summed E-state index contributed by atoms with van der Waals surface area (Å²) in [6.45, 7) is 4.11. The van der Waals surface area contributed by atoms with Crippen LogP contribution in [0.3, 0.4) is 0 Å². The average Bonchev–Trinajstić information content (AvgIpc) is 2.70. The third kappa shape index (κ3) is 3.37. The minimum absolute atomic E-state index is 0.171. The van der Waals surface area contributed by atoms with E-state index in [0.29, 0.717) is 6.54 Å². The van der Waals surface area contributed by atoms with E-state index in [1.807, 2.05) is 19.1 Å². The van der Waals surface area contributed by atoms with Crippen molar-refractivity contribution in [2.45, 2.75) is 19.4 Å². The minimum Gasteiger partial charge on any atom is -0.393 e. The number of halogens is 1. The van der Waals surface area contributed by atoms with Crippen molar-refractivity contribution in [2.24, 2.45) is 5.92 Å². The number of aliphatic hydroxyl groups excluding tert-OH is 1. The SMILES string of the molecule is CC1CN(CC(=O)c2ccc(Br)s2)CCC1O. The van der Waals surface area contributed by atoms with Crippen LogP contribution in [0, 0.1) is 5.92 Å². The Labute approximate surface area is 114 Å². The van der Waals surface area contributed by atoms with Crippen molar-refractivity contribution in [3.05, 3.63) is 20.8 Å². The van der Waals surface area contributed by atoms with E-state index in [9.17, 15) is 9.90 Å². The molecule has 1 N–H and O–H groups in total. The highest BCUT2D eigenvalue weighted by atomic mass is 79.9. The van der Waals surface area contributed by atoms with Crippen LogP contribution in [-0.4, -0.2) is 41.5 Å². The molecule has 1 fully saturated rings. The number of carbonyl (C=O) groups is 1.